The van der Waals surface area contributed by atoms with E-state index in [-0.39, 0.29) is 24.8 Å². The van der Waals surface area contributed by atoms with E-state index in [1.807, 2.05) is 11.7 Å². The van der Waals surface area contributed by atoms with E-state index >= 15 is 0 Å². The largest absolute Gasteiger partial charge is 0.383 e. The van der Waals surface area contributed by atoms with Crippen molar-refractivity contribution in [2.45, 2.75) is 44.2 Å². The first-order chi connectivity index (χ1) is 9.98. The zero-order chi connectivity index (χ0) is 15.5. The lowest BCUT2D eigenvalue weighted by Crippen LogP contribution is -2.34. The van der Waals surface area contributed by atoms with Crippen LogP contribution >= 0.6 is 15.9 Å². The summed E-state index contributed by atoms with van der Waals surface area (Å²) in [5.41, 5.74) is 1.02. The van der Waals surface area contributed by atoms with Crippen molar-refractivity contribution in [3.8, 4) is 0 Å². The highest BCUT2D eigenvalue weighted by molar-refractivity contribution is 9.10. The van der Waals surface area contributed by atoms with Gasteiger partial charge in [-0.1, -0.05) is 0 Å². The molecule has 1 saturated carbocycles. The molecular formula is C14H22BrF2N3O. The molecule has 0 spiro atoms. The fourth-order valence-electron chi connectivity index (χ4n) is 3.03. The van der Waals surface area contributed by atoms with Gasteiger partial charge in [0.2, 0.25) is 5.92 Å². The van der Waals surface area contributed by atoms with Crippen LogP contribution in [0.4, 0.5) is 8.78 Å². The second-order valence-electron chi connectivity index (χ2n) is 5.55. The molecule has 0 aromatic carbocycles. The molecule has 1 N–H and O–H groups in total. The zero-order valence-electron chi connectivity index (χ0n) is 12.4. The van der Waals surface area contributed by atoms with E-state index in [4.69, 9.17) is 4.74 Å². The Balaban J connectivity index is 2.16. The number of hydrogen-bond acceptors (Lipinski definition) is 3. The molecule has 2 rings (SSSR count). The van der Waals surface area contributed by atoms with E-state index in [2.05, 4.69) is 26.3 Å². The summed E-state index contributed by atoms with van der Waals surface area (Å²) in [6, 6.07) is 0.0230. The first kappa shape index (κ1) is 16.8. The van der Waals surface area contributed by atoms with Gasteiger partial charge in [-0.15, -0.1) is 0 Å². The molecule has 1 atom stereocenters. The average molecular weight is 366 g/mol. The van der Waals surface area contributed by atoms with Crippen molar-refractivity contribution in [3.63, 3.8) is 0 Å². The van der Waals surface area contributed by atoms with Gasteiger partial charge in [0, 0.05) is 20.0 Å². The molecule has 1 aliphatic rings. The van der Waals surface area contributed by atoms with Gasteiger partial charge in [-0.05, 0) is 41.7 Å². The number of alkyl halides is 2. The predicted octanol–water partition coefficient (Wildman–Crippen LogP) is 3.38. The highest BCUT2D eigenvalue weighted by Crippen LogP contribution is 2.42. The van der Waals surface area contributed by atoms with Gasteiger partial charge in [0.25, 0.3) is 0 Å². The number of ether oxygens (including phenoxy) is 1. The number of nitrogens with zero attached hydrogens (tertiary/aromatic N) is 2. The fourth-order valence-corrected chi connectivity index (χ4v) is 3.57. The molecule has 0 saturated heterocycles. The van der Waals surface area contributed by atoms with Gasteiger partial charge in [0.15, 0.2) is 0 Å². The van der Waals surface area contributed by atoms with Crippen molar-refractivity contribution in [2.24, 2.45) is 5.92 Å². The first-order valence-electron chi connectivity index (χ1n) is 7.23. The first-order valence-corrected chi connectivity index (χ1v) is 8.03. The van der Waals surface area contributed by atoms with E-state index in [0.29, 0.717) is 26.0 Å². The summed E-state index contributed by atoms with van der Waals surface area (Å²) in [7, 11) is 3.52. The van der Waals surface area contributed by atoms with Crippen molar-refractivity contribution in [1.82, 2.24) is 15.1 Å². The molecule has 1 aromatic heterocycles. The fraction of sp³-hybridized carbons (Fsp3) is 0.786. The normalized spacial score (nSPS) is 20.6. The van der Waals surface area contributed by atoms with E-state index in [1.165, 1.54) is 0 Å². The number of rotatable bonds is 6. The van der Waals surface area contributed by atoms with Gasteiger partial charge in [-0.3, -0.25) is 4.68 Å². The second kappa shape index (κ2) is 7.15. The number of aromatic nitrogens is 2. The van der Waals surface area contributed by atoms with Crippen LogP contribution in [0.15, 0.2) is 10.7 Å². The van der Waals surface area contributed by atoms with Gasteiger partial charge in [-0.2, -0.15) is 5.10 Å². The molecule has 0 aliphatic heterocycles. The van der Waals surface area contributed by atoms with E-state index in [9.17, 15) is 8.78 Å². The quantitative estimate of drug-likeness (QED) is 0.839. The Labute approximate surface area is 132 Å². The summed E-state index contributed by atoms with van der Waals surface area (Å²) >= 11 is 3.53. The monoisotopic (exact) mass is 365 g/mol. The Morgan fingerprint density at radius 1 is 1.52 bits per heavy atom. The van der Waals surface area contributed by atoms with Gasteiger partial charge < -0.3 is 10.1 Å². The summed E-state index contributed by atoms with van der Waals surface area (Å²) in [5.74, 6) is -2.30. The van der Waals surface area contributed by atoms with E-state index < -0.39 is 5.92 Å². The average Bonchev–Trinajstić information content (AvgIpc) is 2.81. The minimum Gasteiger partial charge on any atom is -0.383 e. The molecule has 7 heteroatoms. The summed E-state index contributed by atoms with van der Waals surface area (Å²) < 4.78 is 34.6. The Morgan fingerprint density at radius 3 is 2.76 bits per heavy atom. The third-order valence-corrected chi connectivity index (χ3v) is 4.79. The van der Waals surface area contributed by atoms with Crippen molar-refractivity contribution >= 4 is 15.9 Å². The van der Waals surface area contributed by atoms with Crippen LogP contribution in [0, 0.1) is 5.92 Å². The lowest BCUT2D eigenvalue weighted by atomic mass is 9.81. The molecule has 0 radical (unpaired) electrons. The van der Waals surface area contributed by atoms with Crippen LogP contribution in [-0.4, -0.2) is 36.5 Å². The highest BCUT2D eigenvalue weighted by Gasteiger charge is 2.38. The Hall–Kier alpha value is -0.530. The third kappa shape index (κ3) is 4.02. The molecule has 1 aliphatic carbocycles. The molecule has 0 amide bonds. The van der Waals surface area contributed by atoms with Crippen LogP contribution in [0.2, 0.25) is 0 Å². The third-order valence-electron chi connectivity index (χ3n) is 4.18. The molecule has 1 heterocycles. The minimum absolute atomic E-state index is 0.0230. The molecular weight excluding hydrogens is 344 g/mol. The van der Waals surface area contributed by atoms with Gasteiger partial charge in [0.1, 0.15) is 0 Å². The maximum atomic E-state index is 13.3. The van der Waals surface area contributed by atoms with Gasteiger partial charge in [0.05, 0.1) is 35.6 Å². The van der Waals surface area contributed by atoms with Crippen LogP contribution in [0.25, 0.3) is 0 Å². The Morgan fingerprint density at radius 2 is 2.19 bits per heavy atom. The molecule has 4 nitrogen and oxygen atoms in total. The maximum Gasteiger partial charge on any atom is 0.248 e. The SMILES string of the molecule is CNC(c1c(Br)cnn1CCOC)C1CCC(F)(F)CC1. The summed E-state index contributed by atoms with van der Waals surface area (Å²) in [6.07, 6.45) is 2.76. The van der Waals surface area contributed by atoms with Crippen LogP contribution in [0.1, 0.15) is 37.4 Å². The standard InChI is InChI=1S/C14H22BrF2N3O/c1-18-12(10-3-5-14(16,17)6-4-10)13-11(15)9-19-20(13)7-8-21-2/h9-10,12,18H,3-8H2,1-2H3. The summed E-state index contributed by atoms with van der Waals surface area (Å²) in [4.78, 5) is 0. The van der Waals surface area contributed by atoms with Crippen molar-refractivity contribution in [1.29, 1.82) is 0 Å². The van der Waals surface area contributed by atoms with Gasteiger partial charge in [-0.25, -0.2) is 8.78 Å². The molecule has 21 heavy (non-hydrogen) atoms. The summed E-state index contributed by atoms with van der Waals surface area (Å²) in [6.45, 7) is 1.22. The molecule has 120 valence electrons. The van der Waals surface area contributed by atoms with Crippen molar-refractivity contribution < 1.29 is 13.5 Å². The molecule has 1 unspecified atom stereocenters. The number of nitrogens with one attached hydrogen (secondary N) is 1. The molecule has 1 aromatic rings. The smallest absolute Gasteiger partial charge is 0.248 e. The van der Waals surface area contributed by atoms with E-state index in [0.717, 1.165) is 10.2 Å². The van der Waals surface area contributed by atoms with E-state index in [1.54, 1.807) is 13.3 Å². The number of halogens is 3. The second-order valence-corrected chi connectivity index (χ2v) is 6.41. The lowest BCUT2D eigenvalue weighted by molar-refractivity contribution is -0.0498. The van der Waals surface area contributed by atoms with Crippen molar-refractivity contribution in [2.75, 3.05) is 20.8 Å². The lowest BCUT2D eigenvalue weighted by Gasteiger charge is -2.34. The maximum absolute atomic E-state index is 13.3. The minimum atomic E-state index is -2.50. The molecule has 0 bridgehead atoms. The topological polar surface area (TPSA) is 39.1 Å². The van der Waals surface area contributed by atoms with Gasteiger partial charge >= 0.3 is 0 Å². The Kier molecular flexibility index (Phi) is 5.73. The summed E-state index contributed by atoms with van der Waals surface area (Å²) in [5, 5.41) is 7.63. The van der Waals surface area contributed by atoms with Crippen molar-refractivity contribution in [3.05, 3.63) is 16.4 Å². The Bertz CT molecular complexity index is 457. The van der Waals surface area contributed by atoms with Crippen LogP contribution in [-0.2, 0) is 11.3 Å². The molecule has 1 fully saturated rings. The zero-order valence-corrected chi connectivity index (χ0v) is 14.0. The number of hydrogen-bond donors (Lipinski definition) is 1. The predicted molar refractivity (Wildman–Crippen MR) is 80.5 cm³/mol. The van der Waals surface area contributed by atoms with Crippen LogP contribution in [0.3, 0.4) is 0 Å². The number of methoxy groups -OCH3 is 1. The van der Waals surface area contributed by atoms with Crippen LogP contribution in [0.5, 0.6) is 0 Å². The van der Waals surface area contributed by atoms with Crippen LogP contribution < -0.4 is 5.32 Å². The highest BCUT2D eigenvalue weighted by atomic mass is 79.9.